The molecule has 8 heteroatoms. The molecule has 1 N–H and O–H groups in total. The molecule has 0 spiro atoms. The number of fused-ring (bicyclic) bond motifs is 2. The minimum Gasteiger partial charge on any atom is -0.310 e. The summed E-state index contributed by atoms with van der Waals surface area (Å²) < 4.78 is 29.8. The topological polar surface area (TPSA) is 97.3 Å². The van der Waals surface area contributed by atoms with Gasteiger partial charge in [-0.2, -0.15) is 0 Å². The number of sulfone groups is 1. The molecule has 0 radical (unpaired) electrons. The van der Waals surface area contributed by atoms with E-state index in [1.807, 2.05) is 13.0 Å². The zero-order valence-corrected chi connectivity index (χ0v) is 19.0. The van der Waals surface area contributed by atoms with E-state index in [-0.39, 0.29) is 26.2 Å². The van der Waals surface area contributed by atoms with Gasteiger partial charge >= 0.3 is 0 Å². The number of hydrogen-bond donors (Lipinski definition) is 1. The molecule has 7 nitrogen and oxygen atoms in total. The van der Waals surface area contributed by atoms with Crippen molar-refractivity contribution in [3.05, 3.63) is 76.1 Å². The van der Waals surface area contributed by atoms with E-state index in [0.717, 1.165) is 31.2 Å². The lowest BCUT2D eigenvalue weighted by Gasteiger charge is -2.15. The van der Waals surface area contributed by atoms with E-state index in [9.17, 15) is 13.2 Å². The fourth-order valence-corrected chi connectivity index (χ4v) is 5.27. The predicted octanol–water partition coefficient (Wildman–Crippen LogP) is 3.85. The molecule has 3 heterocycles. The van der Waals surface area contributed by atoms with Crippen molar-refractivity contribution < 1.29 is 8.42 Å². The highest BCUT2D eigenvalue weighted by Crippen LogP contribution is 2.21. The van der Waals surface area contributed by atoms with Crippen LogP contribution in [0.1, 0.15) is 38.2 Å². The molecule has 0 aliphatic rings. The third kappa shape index (κ3) is 3.86. The van der Waals surface area contributed by atoms with E-state index in [4.69, 9.17) is 5.41 Å². The summed E-state index contributed by atoms with van der Waals surface area (Å²) in [6.45, 7) is 4.41. The number of pyridine rings is 2. The average Bonchev–Trinajstić information content (AvgIpc) is 2.79. The molecule has 0 unspecified atom stereocenters. The molecule has 3 aromatic heterocycles. The lowest BCUT2D eigenvalue weighted by Crippen LogP contribution is -2.30. The summed E-state index contributed by atoms with van der Waals surface area (Å²) in [5.41, 5.74) is 1.20. The van der Waals surface area contributed by atoms with Crippen LogP contribution < -0.4 is 11.0 Å². The normalized spacial score (nSPS) is 11.9. The maximum Gasteiger partial charge on any atom is 0.267 e. The van der Waals surface area contributed by atoms with Crippen LogP contribution >= 0.6 is 0 Å². The molecule has 0 atom stereocenters. The third-order valence-electron chi connectivity index (χ3n) is 5.60. The first-order valence-corrected chi connectivity index (χ1v) is 12.2. The highest BCUT2D eigenvalue weighted by atomic mass is 32.2. The Bertz CT molecular complexity index is 1520. The van der Waals surface area contributed by atoms with Gasteiger partial charge in [0.25, 0.3) is 5.56 Å². The first-order valence-electron chi connectivity index (χ1n) is 10.8. The van der Waals surface area contributed by atoms with Crippen molar-refractivity contribution in [3.8, 4) is 0 Å². The van der Waals surface area contributed by atoms with Crippen molar-refractivity contribution >= 4 is 26.5 Å². The summed E-state index contributed by atoms with van der Waals surface area (Å²) in [6, 6.07) is 13.0. The molecule has 0 saturated carbocycles. The first kappa shape index (κ1) is 22.0. The molecule has 0 fully saturated rings. The molecular formula is C24H26N4O3S. The van der Waals surface area contributed by atoms with Gasteiger partial charge in [0.2, 0.25) is 9.84 Å². The quantitative estimate of drug-likeness (QED) is 0.342. The van der Waals surface area contributed by atoms with Crippen LogP contribution in [-0.4, -0.2) is 22.4 Å². The number of aryl methyl sites for hydroxylation is 2. The maximum atomic E-state index is 13.4. The van der Waals surface area contributed by atoms with Crippen LogP contribution in [0.4, 0.5) is 0 Å². The van der Waals surface area contributed by atoms with Gasteiger partial charge in [0.15, 0.2) is 0 Å². The highest BCUT2D eigenvalue weighted by Gasteiger charge is 2.24. The average molecular weight is 451 g/mol. The fraction of sp³-hybridized carbons (Fsp3) is 0.292. The standard InChI is InChI=1S/C24H26N4O3S/c1-3-4-5-9-14-27-22(25)20(32(30,31)18-10-7-6-8-11-18)15-19-23(27)26-21-13-12-17(2)16-28(21)24(19)29/h6-8,10-13,15-16,25H,3-5,9,14H2,1-2H3. The Balaban J connectivity index is 2.04. The monoisotopic (exact) mass is 450 g/mol. The Hall–Kier alpha value is -3.26. The minimum atomic E-state index is -3.98. The summed E-state index contributed by atoms with van der Waals surface area (Å²) in [7, 11) is -3.98. The van der Waals surface area contributed by atoms with E-state index in [2.05, 4.69) is 11.9 Å². The summed E-state index contributed by atoms with van der Waals surface area (Å²) in [6.07, 6.45) is 5.52. The molecule has 166 valence electrons. The number of nitrogens with zero attached hydrogens (tertiary/aromatic N) is 3. The van der Waals surface area contributed by atoms with Gasteiger partial charge in [-0.25, -0.2) is 13.4 Å². The van der Waals surface area contributed by atoms with E-state index in [1.54, 1.807) is 35.0 Å². The molecule has 0 amide bonds. The first-order chi connectivity index (χ1) is 15.3. The Morgan fingerprint density at radius 1 is 1.03 bits per heavy atom. The lowest BCUT2D eigenvalue weighted by molar-refractivity contribution is 0.559. The number of aromatic nitrogens is 3. The van der Waals surface area contributed by atoms with Crippen molar-refractivity contribution in [1.29, 1.82) is 5.41 Å². The second-order valence-electron chi connectivity index (χ2n) is 7.97. The zero-order valence-electron chi connectivity index (χ0n) is 18.2. The number of hydrogen-bond acceptors (Lipinski definition) is 5. The van der Waals surface area contributed by atoms with Crippen molar-refractivity contribution in [3.63, 3.8) is 0 Å². The number of unbranched alkanes of at least 4 members (excludes halogenated alkanes) is 3. The smallest absolute Gasteiger partial charge is 0.267 e. The van der Waals surface area contributed by atoms with Gasteiger partial charge < -0.3 is 4.57 Å². The molecule has 1 aromatic carbocycles. The molecular weight excluding hydrogens is 424 g/mol. The molecule has 0 aliphatic heterocycles. The molecule has 0 saturated heterocycles. The summed E-state index contributed by atoms with van der Waals surface area (Å²) in [4.78, 5) is 17.9. The van der Waals surface area contributed by atoms with Crippen LogP contribution in [0.3, 0.4) is 0 Å². The molecule has 4 aromatic rings. The van der Waals surface area contributed by atoms with E-state index in [1.165, 1.54) is 22.6 Å². The Morgan fingerprint density at radius 2 is 1.78 bits per heavy atom. The van der Waals surface area contributed by atoms with E-state index in [0.29, 0.717) is 17.8 Å². The van der Waals surface area contributed by atoms with Gasteiger partial charge in [-0.3, -0.25) is 14.6 Å². The molecule has 32 heavy (non-hydrogen) atoms. The van der Waals surface area contributed by atoms with Crippen molar-refractivity contribution in [1.82, 2.24) is 14.0 Å². The lowest BCUT2D eigenvalue weighted by atomic mass is 10.2. The summed E-state index contributed by atoms with van der Waals surface area (Å²) in [5, 5.41) is 8.95. The van der Waals surface area contributed by atoms with Gasteiger partial charge in [-0.05, 0) is 43.2 Å². The van der Waals surface area contributed by atoms with Crippen LogP contribution in [0.2, 0.25) is 0 Å². The second kappa shape index (κ2) is 8.70. The minimum absolute atomic E-state index is 0.0927. The molecule has 4 rings (SSSR count). The number of benzene rings is 1. The number of rotatable bonds is 7. The Labute approximate surface area is 186 Å². The largest absolute Gasteiger partial charge is 0.310 e. The van der Waals surface area contributed by atoms with Gasteiger partial charge in [-0.15, -0.1) is 0 Å². The molecule has 0 aliphatic carbocycles. The van der Waals surface area contributed by atoms with Gasteiger partial charge in [0, 0.05) is 12.7 Å². The van der Waals surface area contributed by atoms with Gasteiger partial charge in [0.1, 0.15) is 21.7 Å². The summed E-state index contributed by atoms with van der Waals surface area (Å²) >= 11 is 0. The van der Waals surface area contributed by atoms with E-state index < -0.39 is 9.84 Å². The predicted molar refractivity (Wildman–Crippen MR) is 124 cm³/mol. The Morgan fingerprint density at radius 3 is 2.50 bits per heavy atom. The zero-order chi connectivity index (χ0) is 22.9. The second-order valence-corrected chi connectivity index (χ2v) is 9.89. The Kier molecular flexibility index (Phi) is 5.97. The maximum absolute atomic E-state index is 13.4. The van der Waals surface area contributed by atoms with Crippen molar-refractivity contribution in [2.24, 2.45) is 0 Å². The van der Waals surface area contributed by atoms with Gasteiger partial charge in [-0.1, -0.05) is 50.5 Å². The van der Waals surface area contributed by atoms with Crippen LogP contribution in [0.5, 0.6) is 0 Å². The molecule has 0 bridgehead atoms. The third-order valence-corrected chi connectivity index (χ3v) is 7.38. The van der Waals surface area contributed by atoms with E-state index >= 15 is 0 Å². The summed E-state index contributed by atoms with van der Waals surface area (Å²) in [5.74, 6) is 0. The fourth-order valence-electron chi connectivity index (χ4n) is 3.86. The highest BCUT2D eigenvalue weighted by molar-refractivity contribution is 7.91. The van der Waals surface area contributed by atoms with Gasteiger partial charge in [0.05, 0.1) is 10.3 Å². The van der Waals surface area contributed by atoms with Crippen molar-refractivity contribution in [2.45, 2.75) is 55.9 Å². The van der Waals surface area contributed by atoms with Crippen LogP contribution in [0.25, 0.3) is 16.7 Å². The van der Waals surface area contributed by atoms with Crippen LogP contribution in [0, 0.1) is 12.3 Å². The van der Waals surface area contributed by atoms with Crippen LogP contribution in [-0.2, 0) is 16.4 Å². The van der Waals surface area contributed by atoms with Crippen LogP contribution in [0.15, 0.2) is 69.3 Å². The number of nitrogens with one attached hydrogen (secondary N) is 1. The SMILES string of the molecule is CCCCCCn1c(=N)c(S(=O)(=O)c2ccccc2)cc2c(=O)n3cc(C)ccc3nc21. The van der Waals surface area contributed by atoms with Crippen molar-refractivity contribution in [2.75, 3.05) is 0 Å².